The molecule has 1 N–H and O–H groups in total. The number of hydrogen-bond donors (Lipinski definition) is 1. The molecule has 0 aliphatic rings. The molecule has 1 heterocycles. The number of hydrogen-bond acceptors (Lipinski definition) is 5. The maximum absolute atomic E-state index is 10.6. The van der Waals surface area contributed by atoms with E-state index >= 15 is 0 Å². The molecule has 0 aliphatic heterocycles. The van der Waals surface area contributed by atoms with Crippen LogP contribution in [0.4, 0.5) is 5.69 Å². The van der Waals surface area contributed by atoms with Gasteiger partial charge < -0.3 is 9.63 Å². The van der Waals surface area contributed by atoms with Crippen LogP contribution in [0.15, 0.2) is 22.7 Å². The quantitative estimate of drug-likeness (QED) is 0.590. The Morgan fingerprint density at radius 1 is 1.53 bits per heavy atom. The maximum Gasteiger partial charge on any atom is 0.358 e. The van der Waals surface area contributed by atoms with Crippen LogP contribution >= 0.6 is 0 Å². The minimum absolute atomic E-state index is 0.0848. The van der Waals surface area contributed by atoms with Crippen molar-refractivity contribution in [2.24, 2.45) is 0 Å². The average Bonchev–Trinajstić information content (AvgIpc) is 2.59. The first kappa shape index (κ1) is 9.13. The fourth-order valence-electron chi connectivity index (χ4n) is 1.19. The molecule has 0 amide bonds. The molecule has 0 atom stereocenters. The average molecular weight is 208 g/mol. The molecule has 0 saturated carbocycles. The largest absolute Gasteiger partial charge is 0.476 e. The zero-order valence-corrected chi connectivity index (χ0v) is 7.21. The van der Waals surface area contributed by atoms with Gasteiger partial charge in [0.1, 0.15) is 0 Å². The Labute approximate surface area is 82.1 Å². The van der Waals surface area contributed by atoms with Crippen LogP contribution in [0.2, 0.25) is 0 Å². The van der Waals surface area contributed by atoms with E-state index in [0.717, 1.165) is 6.07 Å². The van der Waals surface area contributed by atoms with Crippen LogP contribution < -0.4 is 0 Å². The van der Waals surface area contributed by atoms with Gasteiger partial charge in [0.25, 0.3) is 5.69 Å². The molecule has 7 heteroatoms. The second kappa shape index (κ2) is 3.05. The summed E-state index contributed by atoms with van der Waals surface area (Å²) in [7, 11) is 0. The smallest absolute Gasteiger partial charge is 0.358 e. The Morgan fingerprint density at radius 3 is 2.87 bits per heavy atom. The number of carboxylic acid groups (broad SMARTS) is 1. The Kier molecular flexibility index (Phi) is 1.86. The van der Waals surface area contributed by atoms with E-state index in [0.29, 0.717) is 0 Å². The number of carboxylic acids is 1. The topological polar surface area (TPSA) is 106 Å². The van der Waals surface area contributed by atoms with Gasteiger partial charge in [-0.05, 0) is 6.07 Å². The minimum Gasteiger partial charge on any atom is -0.476 e. The number of fused-ring (bicyclic) bond motifs is 1. The van der Waals surface area contributed by atoms with E-state index in [1.807, 2.05) is 0 Å². The Balaban J connectivity index is 2.66. The summed E-state index contributed by atoms with van der Waals surface area (Å²) in [4.78, 5) is 20.5. The number of benzene rings is 1. The van der Waals surface area contributed by atoms with Crippen LogP contribution in [0.1, 0.15) is 10.5 Å². The summed E-state index contributed by atoms with van der Waals surface area (Å²) in [6, 6.07) is 3.63. The standard InChI is InChI=1S/C8H4N2O5/c11-8(12)7-5-2-1-4(10(13)14)3-6(5)15-9-7/h1-3H,(H,11,12). The van der Waals surface area contributed by atoms with Gasteiger partial charge in [-0.1, -0.05) is 5.16 Å². The van der Waals surface area contributed by atoms with E-state index in [4.69, 9.17) is 5.11 Å². The van der Waals surface area contributed by atoms with Gasteiger partial charge in [-0.3, -0.25) is 10.1 Å². The molecule has 15 heavy (non-hydrogen) atoms. The molecule has 1 aromatic carbocycles. The number of rotatable bonds is 2. The summed E-state index contributed by atoms with van der Waals surface area (Å²) in [5, 5.41) is 22.6. The van der Waals surface area contributed by atoms with E-state index in [-0.39, 0.29) is 22.4 Å². The molecule has 76 valence electrons. The zero-order valence-electron chi connectivity index (χ0n) is 7.21. The van der Waals surface area contributed by atoms with Gasteiger partial charge in [-0.25, -0.2) is 4.79 Å². The van der Waals surface area contributed by atoms with Crippen LogP contribution in [0.25, 0.3) is 11.0 Å². The van der Waals surface area contributed by atoms with Crippen molar-refractivity contribution < 1.29 is 19.3 Å². The number of aromatic nitrogens is 1. The molecule has 0 unspecified atom stereocenters. The van der Waals surface area contributed by atoms with Crippen molar-refractivity contribution in [2.75, 3.05) is 0 Å². The van der Waals surface area contributed by atoms with E-state index in [1.165, 1.54) is 12.1 Å². The lowest BCUT2D eigenvalue weighted by Gasteiger charge is -1.89. The molecule has 0 fully saturated rings. The highest BCUT2D eigenvalue weighted by atomic mass is 16.6. The second-order valence-electron chi connectivity index (χ2n) is 2.77. The third-order valence-electron chi connectivity index (χ3n) is 1.87. The van der Waals surface area contributed by atoms with Crippen molar-refractivity contribution in [1.82, 2.24) is 5.16 Å². The van der Waals surface area contributed by atoms with Crippen LogP contribution in [0.3, 0.4) is 0 Å². The van der Waals surface area contributed by atoms with Gasteiger partial charge in [-0.2, -0.15) is 0 Å². The molecule has 0 aliphatic carbocycles. The SMILES string of the molecule is O=C(O)c1noc2cc([N+](=O)[O-])ccc12. The lowest BCUT2D eigenvalue weighted by atomic mass is 10.2. The first-order chi connectivity index (χ1) is 7.09. The lowest BCUT2D eigenvalue weighted by molar-refractivity contribution is -0.384. The van der Waals surface area contributed by atoms with Gasteiger partial charge in [0.2, 0.25) is 0 Å². The molecule has 0 spiro atoms. The lowest BCUT2D eigenvalue weighted by Crippen LogP contribution is -1.96. The van der Waals surface area contributed by atoms with Crippen molar-refractivity contribution in [1.29, 1.82) is 0 Å². The van der Waals surface area contributed by atoms with Crippen molar-refractivity contribution in [3.63, 3.8) is 0 Å². The summed E-state index contributed by atoms with van der Waals surface area (Å²) >= 11 is 0. The third kappa shape index (κ3) is 1.39. The maximum atomic E-state index is 10.6. The van der Waals surface area contributed by atoms with E-state index in [9.17, 15) is 14.9 Å². The molecule has 0 bridgehead atoms. The highest BCUT2D eigenvalue weighted by Crippen LogP contribution is 2.23. The summed E-state index contributed by atoms with van der Waals surface area (Å²) in [6.07, 6.45) is 0. The first-order valence-corrected chi connectivity index (χ1v) is 3.86. The van der Waals surface area contributed by atoms with Gasteiger partial charge in [0.15, 0.2) is 11.3 Å². The fourth-order valence-corrected chi connectivity index (χ4v) is 1.19. The number of aromatic carboxylic acids is 1. The summed E-state index contributed by atoms with van der Waals surface area (Å²) in [6.45, 7) is 0. The minimum atomic E-state index is -1.23. The van der Waals surface area contributed by atoms with Crippen molar-refractivity contribution in [3.05, 3.63) is 34.0 Å². The van der Waals surface area contributed by atoms with Gasteiger partial charge in [0.05, 0.1) is 16.4 Å². The van der Waals surface area contributed by atoms with E-state index < -0.39 is 10.9 Å². The van der Waals surface area contributed by atoms with Gasteiger partial charge in [-0.15, -0.1) is 0 Å². The summed E-state index contributed by atoms with van der Waals surface area (Å²) in [5.41, 5.74) is -0.336. The van der Waals surface area contributed by atoms with E-state index in [1.54, 1.807) is 0 Å². The van der Waals surface area contributed by atoms with Crippen molar-refractivity contribution >= 4 is 22.6 Å². The second-order valence-corrected chi connectivity index (χ2v) is 2.77. The first-order valence-electron chi connectivity index (χ1n) is 3.86. The van der Waals surface area contributed by atoms with Crippen molar-refractivity contribution in [3.8, 4) is 0 Å². The fraction of sp³-hybridized carbons (Fsp3) is 0. The molecule has 7 nitrogen and oxygen atoms in total. The Hall–Kier alpha value is -2.44. The molecule has 0 saturated heterocycles. The summed E-state index contributed by atoms with van der Waals surface area (Å²) < 4.78 is 4.67. The number of nitro benzene ring substituents is 1. The highest BCUT2D eigenvalue weighted by molar-refractivity contribution is 6.00. The number of carbonyl (C=O) groups is 1. The zero-order chi connectivity index (χ0) is 11.0. The molecule has 1 aromatic heterocycles. The molecule has 2 aromatic rings. The normalized spacial score (nSPS) is 10.4. The number of non-ortho nitro benzene ring substituents is 1. The third-order valence-corrected chi connectivity index (χ3v) is 1.87. The molecular weight excluding hydrogens is 204 g/mol. The van der Waals surface area contributed by atoms with Crippen molar-refractivity contribution in [2.45, 2.75) is 0 Å². The predicted molar refractivity (Wildman–Crippen MR) is 47.6 cm³/mol. The monoisotopic (exact) mass is 208 g/mol. The van der Waals surface area contributed by atoms with Gasteiger partial charge in [0, 0.05) is 6.07 Å². The number of nitrogens with zero attached hydrogens (tertiary/aromatic N) is 2. The Morgan fingerprint density at radius 2 is 2.27 bits per heavy atom. The Bertz CT molecular complexity index is 559. The summed E-state index contributed by atoms with van der Waals surface area (Å²) in [5.74, 6) is -1.23. The van der Waals surface area contributed by atoms with Gasteiger partial charge >= 0.3 is 5.97 Å². The van der Waals surface area contributed by atoms with Crippen LogP contribution in [0, 0.1) is 10.1 Å². The van der Waals surface area contributed by atoms with Crippen LogP contribution in [-0.4, -0.2) is 21.2 Å². The van der Waals surface area contributed by atoms with Crippen LogP contribution in [-0.2, 0) is 0 Å². The molecule has 0 radical (unpaired) electrons. The number of nitro groups is 1. The predicted octanol–water partition coefficient (Wildman–Crippen LogP) is 1.43. The van der Waals surface area contributed by atoms with E-state index in [2.05, 4.69) is 9.68 Å². The highest BCUT2D eigenvalue weighted by Gasteiger charge is 2.17. The van der Waals surface area contributed by atoms with Crippen LogP contribution in [0.5, 0.6) is 0 Å². The molecular formula is C8H4N2O5. The molecule has 2 rings (SSSR count).